The van der Waals surface area contributed by atoms with Crippen LogP contribution in [0.15, 0.2) is 42.5 Å². The monoisotopic (exact) mass is 317 g/mol. The van der Waals surface area contributed by atoms with Crippen molar-refractivity contribution in [3.63, 3.8) is 0 Å². The Balaban J connectivity index is 0.00000242. The highest BCUT2D eigenvalue weighted by Gasteiger charge is 2.13. The summed E-state index contributed by atoms with van der Waals surface area (Å²) in [7, 11) is 0. The fraction of sp³-hybridized carbons (Fsp3) is 0.222. The van der Waals surface area contributed by atoms with Gasteiger partial charge in [0.2, 0.25) is 5.78 Å². The molecule has 0 spiro atoms. The highest BCUT2D eigenvalue weighted by molar-refractivity contribution is 6.41. The summed E-state index contributed by atoms with van der Waals surface area (Å²) >= 11 is 0. The van der Waals surface area contributed by atoms with Crippen LogP contribution >= 0.6 is 12.4 Å². The lowest BCUT2D eigenvalue weighted by molar-refractivity contribution is 0.103. The van der Waals surface area contributed by atoms with Gasteiger partial charge >= 0.3 is 0 Å². The van der Waals surface area contributed by atoms with Gasteiger partial charge in [0.15, 0.2) is 0 Å². The summed E-state index contributed by atoms with van der Waals surface area (Å²) in [4.78, 5) is 11.9. The second-order valence-corrected chi connectivity index (χ2v) is 4.97. The zero-order valence-electron chi connectivity index (χ0n) is 13.0. The molecule has 0 radical (unpaired) electrons. The second kappa shape index (κ2) is 7.76. The van der Waals surface area contributed by atoms with E-state index < -0.39 is 0 Å². The van der Waals surface area contributed by atoms with E-state index in [1.54, 1.807) is 19.1 Å². The van der Waals surface area contributed by atoms with Gasteiger partial charge < -0.3 is 4.74 Å². The maximum Gasteiger partial charge on any atom is 0.255 e. The van der Waals surface area contributed by atoms with Gasteiger partial charge in [-0.1, -0.05) is 42.5 Å². The van der Waals surface area contributed by atoms with E-state index in [0.29, 0.717) is 12.2 Å². The van der Waals surface area contributed by atoms with E-state index in [-0.39, 0.29) is 24.1 Å². The molecule has 0 unspecified atom stereocenters. The maximum atomic E-state index is 11.9. The molecule has 0 saturated heterocycles. The lowest BCUT2D eigenvalue weighted by atomic mass is 9.99. The van der Waals surface area contributed by atoms with Crippen molar-refractivity contribution in [2.24, 2.45) is 0 Å². The number of nitrogens with one attached hydrogen (secondary N) is 1. The van der Waals surface area contributed by atoms with Gasteiger partial charge in [-0.2, -0.15) is 0 Å². The largest absolute Gasteiger partial charge is 0.476 e. The van der Waals surface area contributed by atoms with Gasteiger partial charge in [-0.25, -0.2) is 0 Å². The highest BCUT2D eigenvalue weighted by Crippen LogP contribution is 2.22. The number of halogens is 1. The number of aryl methyl sites for hydroxylation is 2. The minimum Gasteiger partial charge on any atom is -0.476 e. The Kier molecular flexibility index (Phi) is 6.32. The van der Waals surface area contributed by atoms with Gasteiger partial charge in [0.25, 0.3) is 5.90 Å². The standard InChI is InChI=1S/C18H19NO2.ClH/c1-4-21-18(19)17(20)15-9-7-14(8-10-15)16-6-5-12(2)13(3)11-16;/h5-11,19H,4H2,1-3H3;1H. The Labute approximate surface area is 137 Å². The summed E-state index contributed by atoms with van der Waals surface area (Å²) < 4.78 is 4.94. The van der Waals surface area contributed by atoms with E-state index in [1.807, 2.05) is 12.1 Å². The van der Waals surface area contributed by atoms with Crippen LogP contribution < -0.4 is 0 Å². The zero-order chi connectivity index (χ0) is 15.4. The third-order valence-electron chi connectivity index (χ3n) is 3.48. The molecule has 0 atom stereocenters. The van der Waals surface area contributed by atoms with Crippen molar-refractivity contribution >= 4 is 24.1 Å². The molecule has 2 aromatic rings. The molecule has 0 heterocycles. The number of Topliss-reactive ketones (excluding diaryl/α,β-unsaturated/α-hetero) is 1. The van der Waals surface area contributed by atoms with Crippen molar-refractivity contribution in [3.05, 3.63) is 59.2 Å². The topological polar surface area (TPSA) is 50.1 Å². The van der Waals surface area contributed by atoms with Gasteiger partial charge in [-0.3, -0.25) is 10.2 Å². The molecular weight excluding hydrogens is 298 g/mol. The molecule has 0 aromatic heterocycles. The highest BCUT2D eigenvalue weighted by atomic mass is 35.5. The number of benzene rings is 2. The van der Waals surface area contributed by atoms with Gasteiger partial charge in [0, 0.05) is 5.56 Å². The van der Waals surface area contributed by atoms with Crippen LogP contribution in [0.1, 0.15) is 28.4 Å². The van der Waals surface area contributed by atoms with E-state index in [4.69, 9.17) is 10.1 Å². The van der Waals surface area contributed by atoms with Crippen molar-refractivity contribution in [1.29, 1.82) is 5.41 Å². The van der Waals surface area contributed by atoms with E-state index in [0.717, 1.165) is 11.1 Å². The molecule has 2 rings (SSSR count). The van der Waals surface area contributed by atoms with Crippen molar-refractivity contribution < 1.29 is 9.53 Å². The molecule has 0 saturated carbocycles. The van der Waals surface area contributed by atoms with Crippen molar-refractivity contribution in [2.45, 2.75) is 20.8 Å². The Hall–Kier alpha value is -2.13. The SMILES string of the molecule is CCOC(=N)C(=O)c1ccc(-c2ccc(C)c(C)c2)cc1.Cl. The fourth-order valence-electron chi connectivity index (χ4n) is 2.08. The van der Waals surface area contributed by atoms with Crippen molar-refractivity contribution in [1.82, 2.24) is 0 Å². The minimum absolute atomic E-state index is 0. The zero-order valence-corrected chi connectivity index (χ0v) is 13.8. The quantitative estimate of drug-likeness (QED) is 0.509. The third-order valence-corrected chi connectivity index (χ3v) is 3.48. The summed E-state index contributed by atoms with van der Waals surface area (Å²) in [5.41, 5.74) is 5.15. The maximum absolute atomic E-state index is 11.9. The van der Waals surface area contributed by atoms with Gasteiger partial charge in [-0.15, -0.1) is 12.4 Å². The Morgan fingerprint density at radius 2 is 1.59 bits per heavy atom. The number of ether oxygens (including phenoxy) is 1. The molecule has 3 nitrogen and oxygen atoms in total. The molecule has 116 valence electrons. The van der Waals surface area contributed by atoms with E-state index in [1.165, 1.54) is 11.1 Å². The molecule has 0 aliphatic rings. The van der Waals surface area contributed by atoms with Crippen molar-refractivity contribution in [3.8, 4) is 11.1 Å². The van der Waals surface area contributed by atoms with E-state index in [2.05, 4.69) is 32.0 Å². The van der Waals surface area contributed by atoms with Crippen LogP contribution in [0, 0.1) is 19.3 Å². The molecule has 2 aromatic carbocycles. The molecular formula is C18H20ClNO2. The number of hydrogen-bond acceptors (Lipinski definition) is 3. The number of ketones is 1. The third kappa shape index (κ3) is 3.95. The second-order valence-electron chi connectivity index (χ2n) is 4.97. The van der Waals surface area contributed by atoms with Crippen molar-refractivity contribution in [2.75, 3.05) is 6.61 Å². The molecule has 0 fully saturated rings. The average Bonchev–Trinajstić information content (AvgIpc) is 2.50. The smallest absolute Gasteiger partial charge is 0.255 e. The lowest BCUT2D eigenvalue weighted by Gasteiger charge is -2.07. The summed E-state index contributed by atoms with van der Waals surface area (Å²) in [5, 5.41) is 7.53. The average molecular weight is 318 g/mol. The Morgan fingerprint density at radius 3 is 2.14 bits per heavy atom. The molecule has 4 heteroatoms. The molecule has 0 aliphatic carbocycles. The first-order valence-electron chi connectivity index (χ1n) is 6.96. The summed E-state index contributed by atoms with van der Waals surface area (Å²) in [6, 6.07) is 13.6. The van der Waals surface area contributed by atoms with Crippen LogP contribution in [0.5, 0.6) is 0 Å². The van der Waals surface area contributed by atoms with Gasteiger partial charge in [-0.05, 0) is 43.0 Å². The van der Waals surface area contributed by atoms with Crippen LogP contribution in [-0.4, -0.2) is 18.3 Å². The number of carbonyl (C=O) groups excluding carboxylic acids is 1. The Morgan fingerprint density at radius 1 is 1.00 bits per heavy atom. The van der Waals surface area contributed by atoms with E-state index in [9.17, 15) is 4.79 Å². The normalized spacial score (nSPS) is 9.77. The predicted molar refractivity (Wildman–Crippen MR) is 92.3 cm³/mol. The van der Waals surface area contributed by atoms with Crippen LogP contribution in [-0.2, 0) is 4.74 Å². The minimum atomic E-state index is -0.386. The summed E-state index contributed by atoms with van der Waals surface area (Å²) in [6.45, 7) is 6.25. The first kappa shape index (κ1) is 17.9. The lowest BCUT2D eigenvalue weighted by Crippen LogP contribution is -2.16. The number of hydrogen-bond donors (Lipinski definition) is 1. The molecule has 0 aliphatic heterocycles. The van der Waals surface area contributed by atoms with Gasteiger partial charge in [0.05, 0.1) is 6.61 Å². The van der Waals surface area contributed by atoms with Crippen LogP contribution in [0.4, 0.5) is 0 Å². The van der Waals surface area contributed by atoms with Crippen LogP contribution in [0.3, 0.4) is 0 Å². The van der Waals surface area contributed by atoms with E-state index >= 15 is 0 Å². The first-order valence-corrected chi connectivity index (χ1v) is 6.96. The predicted octanol–water partition coefficient (Wildman–Crippen LogP) is 4.59. The number of rotatable bonds is 4. The number of carbonyl (C=O) groups is 1. The van der Waals surface area contributed by atoms with Crippen LogP contribution in [0.2, 0.25) is 0 Å². The van der Waals surface area contributed by atoms with Gasteiger partial charge in [0.1, 0.15) is 0 Å². The summed E-state index contributed by atoms with van der Waals surface area (Å²) in [6.07, 6.45) is 0. The molecule has 0 amide bonds. The molecule has 1 N–H and O–H groups in total. The molecule has 22 heavy (non-hydrogen) atoms. The van der Waals surface area contributed by atoms with Crippen LogP contribution in [0.25, 0.3) is 11.1 Å². The summed E-state index contributed by atoms with van der Waals surface area (Å²) in [5.74, 6) is -0.695. The molecule has 0 bridgehead atoms. The fourth-order valence-corrected chi connectivity index (χ4v) is 2.08. The Bertz CT molecular complexity index is 678. The first-order chi connectivity index (χ1) is 10.0.